The van der Waals surface area contributed by atoms with Crippen LogP contribution in [0.1, 0.15) is 31.9 Å². The zero-order valence-electron chi connectivity index (χ0n) is 13.8. The van der Waals surface area contributed by atoms with Gasteiger partial charge in [-0.3, -0.25) is 14.7 Å². The minimum absolute atomic E-state index is 0.00104. The third kappa shape index (κ3) is 3.93. The van der Waals surface area contributed by atoms with E-state index in [0.717, 1.165) is 61.3 Å². The number of hydrogen-bond donors (Lipinski definition) is 2. The summed E-state index contributed by atoms with van der Waals surface area (Å²) in [4.78, 5) is 21.7. The van der Waals surface area contributed by atoms with Gasteiger partial charge in [-0.15, -0.1) is 0 Å². The van der Waals surface area contributed by atoms with Gasteiger partial charge in [-0.1, -0.05) is 20.8 Å². The van der Waals surface area contributed by atoms with Gasteiger partial charge in [0.2, 0.25) is 0 Å². The number of nitrogens with zero attached hydrogens (tertiary/aromatic N) is 2. The zero-order valence-corrected chi connectivity index (χ0v) is 13.8. The van der Waals surface area contributed by atoms with Gasteiger partial charge < -0.3 is 10.3 Å². The molecule has 3 heterocycles. The molecule has 22 heavy (non-hydrogen) atoms. The summed E-state index contributed by atoms with van der Waals surface area (Å²) in [6.45, 7) is 11.1. The number of fused-ring (bicyclic) bond motifs is 1. The molecule has 2 aromatic heterocycles. The highest BCUT2D eigenvalue weighted by Crippen LogP contribution is 2.12. The Morgan fingerprint density at radius 2 is 1.95 bits per heavy atom. The quantitative estimate of drug-likeness (QED) is 0.909. The average Bonchev–Trinajstić information content (AvgIpc) is 2.57. The summed E-state index contributed by atoms with van der Waals surface area (Å²) in [5.41, 5.74) is 3.64. The van der Waals surface area contributed by atoms with Gasteiger partial charge in [0.05, 0.1) is 11.0 Å². The average molecular weight is 302 g/mol. The van der Waals surface area contributed by atoms with E-state index in [1.165, 1.54) is 0 Å². The molecule has 0 aromatic carbocycles. The molecule has 0 saturated carbocycles. The Labute approximate surface area is 131 Å². The van der Waals surface area contributed by atoms with Crippen LogP contribution >= 0.6 is 0 Å². The first-order valence-corrected chi connectivity index (χ1v) is 8.20. The van der Waals surface area contributed by atoms with Crippen LogP contribution in [0.25, 0.3) is 11.0 Å². The molecule has 1 fully saturated rings. The van der Waals surface area contributed by atoms with E-state index in [2.05, 4.69) is 20.2 Å². The topological polar surface area (TPSA) is 61.0 Å². The van der Waals surface area contributed by atoms with Gasteiger partial charge in [0, 0.05) is 44.5 Å². The van der Waals surface area contributed by atoms with Crippen LogP contribution in [-0.4, -0.2) is 41.0 Å². The number of aryl methyl sites for hydroxylation is 1. The molecule has 2 N–H and O–H groups in total. The molecule has 120 valence electrons. The molecule has 0 aliphatic carbocycles. The molecule has 0 bridgehead atoms. The maximum absolute atomic E-state index is 11.9. The van der Waals surface area contributed by atoms with Crippen molar-refractivity contribution >= 4 is 11.0 Å². The van der Waals surface area contributed by atoms with Gasteiger partial charge in [0.15, 0.2) is 0 Å². The van der Waals surface area contributed by atoms with Crippen molar-refractivity contribution in [3.05, 3.63) is 39.8 Å². The fourth-order valence-electron chi connectivity index (χ4n) is 2.64. The second-order valence-electron chi connectivity index (χ2n) is 5.28. The van der Waals surface area contributed by atoms with E-state index in [1.807, 2.05) is 39.1 Å². The summed E-state index contributed by atoms with van der Waals surface area (Å²) < 4.78 is 0. The Balaban J connectivity index is 0.000000847. The molecule has 0 atom stereocenters. The van der Waals surface area contributed by atoms with Crippen LogP contribution in [0.4, 0.5) is 0 Å². The third-order valence-electron chi connectivity index (χ3n) is 3.82. The number of H-pyrrole nitrogens is 1. The zero-order chi connectivity index (χ0) is 15.9. The van der Waals surface area contributed by atoms with Gasteiger partial charge in [-0.05, 0) is 24.1 Å². The summed E-state index contributed by atoms with van der Waals surface area (Å²) in [5.74, 6) is 0. The molecule has 5 heteroatoms. The van der Waals surface area contributed by atoms with Crippen molar-refractivity contribution in [2.24, 2.45) is 0 Å². The van der Waals surface area contributed by atoms with Crippen molar-refractivity contribution < 1.29 is 0 Å². The Kier molecular flexibility index (Phi) is 6.10. The van der Waals surface area contributed by atoms with Crippen LogP contribution < -0.4 is 10.9 Å². The Morgan fingerprint density at radius 3 is 2.64 bits per heavy atom. The van der Waals surface area contributed by atoms with Crippen molar-refractivity contribution in [3.63, 3.8) is 0 Å². The molecule has 0 radical (unpaired) electrons. The van der Waals surface area contributed by atoms with E-state index >= 15 is 0 Å². The normalized spacial score (nSPS) is 15.4. The maximum atomic E-state index is 11.9. The van der Waals surface area contributed by atoms with Crippen LogP contribution in [0.2, 0.25) is 0 Å². The van der Waals surface area contributed by atoms with Gasteiger partial charge >= 0.3 is 0 Å². The minimum Gasteiger partial charge on any atom is -0.320 e. The Hall–Kier alpha value is -1.72. The summed E-state index contributed by atoms with van der Waals surface area (Å²) in [6.07, 6.45) is 2.65. The van der Waals surface area contributed by atoms with Gasteiger partial charge in [0.1, 0.15) is 0 Å². The lowest BCUT2D eigenvalue weighted by atomic mass is 10.1. The molecular formula is C17H26N4O. The number of rotatable bonds is 3. The molecule has 1 aliphatic rings. The van der Waals surface area contributed by atoms with Crippen molar-refractivity contribution in [1.82, 2.24) is 20.2 Å². The molecule has 1 aliphatic heterocycles. The Bertz CT molecular complexity index is 659. The number of aromatic nitrogens is 2. The number of piperazine rings is 1. The molecule has 0 spiro atoms. The van der Waals surface area contributed by atoms with Gasteiger partial charge in [-0.25, -0.2) is 0 Å². The van der Waals surface area contributed by atoms with Crippen molar-refractivity contribution in [3.8, 4) is 0 Å². The van der Waals surface area contributed by atoms with Crippen LogP contribution in [0, 0.1) is 0 Å². The largest absolute Gasteiger partial charge is 0.320 e. The maximum Gasteiger partial charge on any atom is 0.251 e. The van der Waals surface area contributed by atoms with Crippen LogP contribution in [0.3, 0.4) is 0 Å². The van der Waals surface area contributed by atoms with E-state index in [0.29, 0.717) is 0 Å². The fraction of sp³-hybridized carbons (Fsp3) is 0.529. The Morgan fingerprint density at radius 1 is 1.23 bits per heavy atom. The fourth-order valence-corrected chi connectivity index (χ4v) is 2.64. The predicted molar refractivity (Wildman–Crippen MR) is 91.2 cm³/mol. The lowest BCUT2D eigenvalue weighted by Gasteiger charge is -2.27. The van der Waals surface area contributed by atoms with E-state index in [4.69, 9.17) is 0 Å². The lowest BCUT2D eigenvalue weighted by Crippen LogP contribution is -2.42. The summed E-state index contributed by atoms with van der Waals surface area (Å²) >= 11 is 0. The molecule has 5 nitrogen and oxygen atoms in total. The highest BCUT2D eigenvalue weighted by atomic mass is 16.1. The van der Waals surface area contributed by atoms with E-state index in [-0.39, 0.29) is 5.56 Å². The highest BCUT2D eigenvalue weighted by Gasteiger charge is 2.11. The second-order valence-corrected chi connectivity index (χ2v) is 5.28. The van der Waals surface area contributed by atoms with Crippen molar-refractivity contribution in [2.75, 3.05) is 26.2 Å². The van der Waals surface area contributed by atoms with Gasteiger partial charge in [-0.2, -0.15) is 0 Å². The number of pyridine rings is 2. The van der Waals surface area contributed by atoms with Crippen molar-refractivity contribution in [2.45, 2.75) is 33.7 Å². The minimum atomic E-state index is 0.00104. The third-order valence-corrected chi connectivity index (χ3v) is 3.82. The van der Waals surface area contributed by atoms with Crippen molar-refractivity contribution in [1.29, 1.82) is 0 Å². The predicted octanol–water partition coefficient (Wildman–Crippen LogP) is 1.92. The molecule has 0 unspecified atom stereocenters. The summed E-state index contributed by atoms with van der Waals surface area (Å²) in [5, 5.41) is 3.35. The lowest BCUT2D eigenvalue weighted by molar-refractivity contribution is 0.233. The summed E-state index contributed by atoms with van der Waals surface area (Å²) in [7, 11) is 0. The standard InChI is InChI=1S/C15H20N4O.C2H6/c1-2-12-8-13-14(18-15(12)20)7-11(9-17-13)10-19-5-3-16-4-6-19;1-2/h7-9,16H,2-6,10H2,1H3,(H,18,20);1-2H3. The number of hydrogen-bond acceptors (Lipinski definition) is 4. The first-order chi connectivity index (χ1) is 10.8. The molecule has 1 saturated heterocycles. The van der Waals surface area contributed by atoms with Crippen LogP contribution in [0.15, 0.2) is 23.1 Å². The number of aromatic amines is 1. The molecular weight excluding hydrogens is 276 g/mol. The number of nitrogens with one attached hydrogen (secondary N) is 2. The first-order valence-electron chi connectivity index (χ1n) is 8.20. The highest BCUT2D eigenvalue weighted by molar-refractivity contribution is 5.74. The summed E-state index contributed by atoms with van der Waals surface area (Å²) in [6, 6.07) is 3.94. The first kappa shape index (κ1) is 16.6. The van der Waals surface area contributed by atoms with E-state index in [1.54, 1.807) is 0 Å². The molecule has 3 rings (SSSR count). The molecule has 2 aromatic rings. The van der Waals surface area contributed by atoms with Gasteiger partial charge in [0.25, 0.3) is 5.56 Å². The second kappa shape index (κ2) is 8.06. The van der Waals surface area contributed by atoms with E-state index < -0.39 is 0 Å². The van der Waals surface area contributed by atoms with Crippen LogP contribution in [-0.2, 0) is 13.0 Å². The molecule has 0 amide bonds. The van der Waals surface area contributed by atoms with Crippen LogP contribution in [0.5, 0.6) is 0 Å². The monoisotopic (exact) mass is 302 g/mol. The van der Waals surface area contributed by atoms with E-state index in [9.17, 15) is 4.79 Å². The smallest absolute Gasteiger partial charge is 0.251 e. The SMILES string of the molecule is CC.CCc1cc2ncc(CN3CCNCC3)cc2[nH]c1=O.